The van der Waals surface area contributed by atoms with Crippen LogP contribution >= 0.6 is 0 Å². The number of para-hydroxylation sites is 2. The van der Waals surface area contributed by atoms with Crippen LogP contribution < -0.4 is 10.1 Å². The Bertz CT molecular complexity index is 1120. The predicted molar refractivity (Wildman–Crippen MR) is 107 cm³/mol. The first kappa shape index (κ1) is 19.9. The molecule has 0 atom stereocenters. The summed E-state index contributed by atoms with van der Waals surface area (Å²) in [6.07, 6.45) is -1.19. The fourth-order valence-electron chi connectivity index (χ4n) is 3.12. The van der Waals surface area contributed by atoms with Crippen molar-refractivity contribution >= 4 is 11.0 Å². The molecule has 5 nitrogen and oxygen atoms in total. The quantitative estimate of drug-likeness (QED) is 0.480. The van der Waals surface area contributed by atoms with Gasteiger partial charge in [-0.1, -0.05) is 30.3 Å². The van der Waals surface area contributed by atoms with E-state index in [4.69, 9.17) is 4.74 Å². The minimum absolute atomic E-state index is 0.00958. The fraction of sp³-hybridized carbons (Fsp3) is 0.182. The summed E-state index contributed by atoms with van der Waals surface area (Å²) in [5.41, 5.74) is 4.59. The maximum atomic E-state index is 12.4. The molecule has 8 heteroatoms. The number of aromatic nitrogens is 3. The van der Waals surface area contributed by atoms with Crippen LogP contribution in [0.5, 0.6) is 5.88 Å². The van der Waals surface area contributed by atoms with E-state index in [1.165, 1.54) is 6.20 Å². The molecular formula is C22H19F3N4O. The summed E-state index contributed by atoms with van der Waals surface area (Å²) in [6.45, 7) is -0.463. The lowest BCUT2D eigenvalue weighted by molar-refractivity contribution is -0.154. The third-order valence-electron chi connectivity index (χ3n) is 4.54. The Balaban J connectivity index is 1.37. The molecule has 1 N–H and O–H groups in total. The van der Waals surface area contributed by atoms with Crippen molar-refractivity contribution in [3.63, 3.8) is 0 Å². The van der Waals surface area contributed by atoms with Crippen molar-refractivity contribution in [3.8, 4) is 11.6 Å². The first-order chi connectivity index (χ1) is 14.5. The second kappa shape index (κ2) is 8.54. The average molecular weight is 412 g/mol. The molecule has 0 amide bonds. The van der Waals surface area contributed by atoms with E-state index < -0.39 is 12.8 Å². The van der Waals surface area contributed by atoms with E-state index in [9.17, 15) is 13.2 Å². The lowest BCUT2D eigenvalue weighted by atomic mass is 10.2. The molecule has 0 saturated heterocycles. The Morgan fingerprint density at radius 1 is 0.900 bits per heavy atom. The van der Waals surface area contributed by atoms with Gasteiger partial charge in [0.25, 0.3) is 0 Å². The fourth-order valence-corrected chi connectivity index (χ4v) is 3.12. The third-order valence-corrected chi connectivity index (χ3v) is 4.54. The van der Waals surface area contributed by atoms with Gasteiger partial charge in [0, 0.05) is 30.5 Å². The summed E-state index contributed by atoms with van der Waals surface area (Å²) in [7, 11) is 0. The van der Waals surface area contributed by atoms with E-state index in [1.807, 2.05) is 53.1 Å². The first-order valence-electron chi connectivity index (χ1n) is 9.35. The van der Waals surface area contributed by atoms with Crippen molar-refractivity contribution in [3.05, 3.63) is 84.3 Å². The number of alkyl halides is 3. The van der Waals surface area contributed by atoms with Crippen LogP contribution in [0.25, 0.3) is 16.7 Å². The Morgan fingerprint density at radius 3 is 2.50 bits per heavy atom. The van der Waals surface area contributed by atoms with Gasteiger partial charge < -0.3 is 10.1 Å². The molecule has 0 unspecified atom stereocenters. The maximum absolute atomic E-state index is 12.4. The van der Waals surface area contributed by atoms with Gasteiger partial charge in [0.1, 0.15) is 6.33 Å². The van der Waals surface area contributed by atoms with Gasteiger partial charge in [-0.25, -0.2) is 9.97 Å². The van der Waals surface area contributed by atoms with Crippen molar-refractivity contribution in [2.24, 2.45) is 0 Å². The third kappa shape index (κ3) is 4.77. The molecule has 0 fully saturated rings. The summed E-state index contributed by atoms with van der Waals surface area (Å²) in [5.74, 6) is -0.00958. The highest BCUT2D eigenvalue weighted by Crippen LogP contribution is 2.21. The summed E-state index contributed by atoms with van der Waals surface area (Å²) < 4.78 is 44.0. The molecule has 2 aromatic heterocycles. The summed E-state index contributed by atoms with van der Waals surface area (Å²) in [4.78, 5) is 8.30. The maximum Gasteiger partial charge on any atom is 0.422 e. The Hall–Kier alpha value is -3.39. The van der Waals surface area contributed by atoms with Crippen LogP contribution in [0.4, 0.5) is 13.2 Å². The highest BCUT2D eigenvalue weighted by molar-refractivity contribution is 5.77. The molecule has 30 heavy (non-hydrogen) atoms. The molecule has 0 aliphatic carbocycles. The highest BCUT2D eigenvalue weighted by Gasteiger charge is 2.29. The van der Waals surface area contributed by atoms with Gasteiger partial charge in [-0.05, 0) is 35.9 Å². The van der Waals surface area contributed by atoms with Gasteiger partial charge in [0.05, 0.1) is 11.0 Å². The normalized spacial score (nSPS) is 11.7. The second-order valence-corrected chi connectivity index (χ2v) is 6.74. The van der Waals surface area contributed by atoms with Gasteiger partial charge >= 0.3 is 6.18 Å². The molecular weight excluding hydrogens is 393 g/mol. The van der Waals surface area contributed by atoms with Crippen LogP contribution in [0.1, 0.15) is 11.1 Å². The zero-order chi connectivity index (χ0) is 21.0. The van der Waals surface area contributed by atoms with Crippen molar-refractivity contribution in [1.82, 2.24) is 19.9 Å². The lowest BCUT2D eigenvalue weighted by Crippen LogP contribution is -2.21. The van der Waals surface area contributed by atoms with Gasteiger partial charge in [0.2, 0.25) is 5.88 Å². The van der Waals surface area contributed by atoms with Crippen LogP contribution in [0.3, 0.4) is 0 Å². The van der Waals surface area contributed by atoms with Crippen LogP contribution in [0.2, 0.25) is 0 Å². The Kier molecular flexibility index (Phi) is 5.67. The Morgan fingerprint density at radius 2 is 1.70 bits per heavy atom. The number of nitrogens with zero attached hydrogens (tertiary/aromatic N) is 3. The van der Waals surface area contributed by atoms with Crippen LogP contribution in [-0.4, -0.2) is 27.3 Å². The van der Waals surface area contributed by atoms with Gasteiger partial charge in [-0.3, -0.25) is 4.57 Å². The molecule has 0 bridgehead atoms. The number of fused-ring (bicyclic) bond motifs is 1. The topological polar surface area (TPSA) is 52.0 Å². The molecule has 154 valence electrons. The number of pyridine rings is 1. The number of nitrogens with one attached hydrogen (secondary N) is 1. The predicted octanol–water partition coefficient (Wildman–Crippen LogP) is 4.65. The van der Waals surface area contributed by atoms with E-state index in [0.717, 1.165) is 22.3 Å². The van der Waals surface area contributed by atoms with Crippen LogP contribution in [0.15, 0.2) is 73.2 Å². The van der Waals surface area contributed by atoms with Gasteiger partial charge in [-0.2, -0.15) is 13.2 Å². The van der Waals surface area contributed by atoms with E-state index in [2.05, 4.69) is 15.3 Å². The number of benzene rings is 2. The summed E-state index contributed by atoms with van der Waals surface area (Å²) >= 11 is 0. The molecule has 4 rings (SSSR count). The van der Waals surface area contributed by atoms with E-state index >= 15 is 0 Å². The average Bonchev–Trinajstić information content (AvgIpc) is 3.17. The second-order valence-electron chi connectivity index (χ2n) is 6.74. The van der Waals surface area contributed by atoms with E-state index in [0.29, 0.717) is 18.7 Å². The number of ether oxygens (including phenoxy) is 1. The van der Waals surface area contributed by atoms with Crippen molar-refractivity contribution < 1.29 is 17.9 Å². The Labute approximate surface area is 171 Å². The van der Waals surface area contributed by atoms with Crippen LogP contribution in [-0.2, 0) is 13.1 Å². The molecule has 2 heterocycles. The number of hydrogen-bond acceptors (Lipinski definition) is 4. The van der Waals surface area contributed by atoms with E-state index in [1.54, 1.807) is 18.5 Å². The minimum Gasteiger partial charge on any atom is -0.468 e. The standard InChI is InChI=1S/C22H19F3N4O/c23-22(24,25)14-30-21-17(4-3-11-27-21)13-26-12-16-7-9-18(10-8-16)29-15-28-19-5-1-2-6-20(19)29/h1-11,15,26H,12-14H2. The molecule has 0 spiro atoms. The zero-order valence-electron chi connectivity index (χ0n) is 15.9. The SMILES string of the molecule is FC(F)(F)COc1ncccc1CNCc1ccc(-n2cnc3ccccc32)cc1. The summed E-state index contributed by atoms with van der Waals surface area (Å²) in [5, 5.41) is 3.22. The molecule has 0 saturated carbocycles. The van der Waals surface area contributed by atoms with Gasteiger partial charge in [0.15, 0.2) is 6.61 Å². The van der Waals surface area contributed by atoms with Crippen molar-refractivity contribution in [2.45, 2.75) is 19.3 Å². The molecule has 4 aromatic rings. The number of rotatable bonds is 7. The molecule has 2 aromatic carbocycles. The first-order valence-corrected chi connectivity index (χ1v) is 9.35. The zero-order valence-corrected chi connectivity index (χ0v) is 15.9. The van der Waals surface area contributed by atoms with E-state index in [-0.39, 0.29) is 5.88 Å². The lowest BCUT2D eigenvalue weighted by Gasteiger charge is -2.12. The monoisotopic (exact) mass is 412 g/mol. The minimum atomic E-state index is -4.40. The number of halogens is 3. The number of imidazole rings is 1. The van der Waals surface area contributed by atoms with Gasteiger partial charge in [-0.15, -0.1) is 0 Å². The molecule has 0 radical (unpaired) electrons. The van der Waals surface area contributed by atoms with Crippen molar-refractivity contribution in [1.29, 1.82) is 0 Å². The summed E-state index contributed by atoms with van der Waals surface area (Å²) in [6, 6.07) is 19.3. The highest BCUT2D eigenvalue weighted by atomic mass is 19.4. The molecule has 0 aliphatic rings. The smallest absolute Gasteiger partial charge is 0.422 e. The van der Waals surface area contributed by atoms with Crippen molar-refractivity contribution in [2.75, 3.05) is 6.61 Å². The molecule has 0 aliphatic heterocycles. The number of hydrogen-bond donors (Lipinski definition) is 1. The largest absolute Gasteiger partial charge is 0.468 e. The van der Waals surface area contributed by atoms with Crippen LogP contribution in [0, 0.1) is 0 Å².